The maximum atomic E-state index is 5.83. The molecule has 1 atom stereocenters. The summed E-state index contributed by atoms with van der Waals surface area (Å²) < 4.78 is 8.03. The Morgan fingerprint density at radius 3 is 2.71 bits per heavy atom. The molecule has 0 aliphatic carbocycles. The molecule has 0 bridgehead atoms. The molecule has 0 aliphatic rings. The normalized spacial score (nSPS) is 13.5. The molecule has 130 valence electrons. The van der Waals surface area contributed by atoms with Crippen molar-refractivity contribution in [3.63, 3.8) is 0 Å². The van der Waals surface area contributed by atoms with E-state index in [1.54, 1.807) is 11.3 Å². The van der Waals surface area contributed by atoms with Gasteiger partial charge in [0.25, 0.3) is 0 Å². The fraction of sp³-hybridized carbons (Fsp3) is 0.588. The molecule has 7 heteroatoms. The highest BCUT2D eigenvalue weighted by Crippen LogP contribution is 2.25. The van der Waals surface area contributed by atoms with Crippen LogP contribution in [0.1, 0.15) is 54.9 Å². The predicted molar refractivity (Wildman–Crippen MR) is 95.3 cm³/mol. The Kier molecular flexibility index (Phi) is 4.73. The molecule has 6 nitrogen and oxygen atoms in total. The van der Waals surface area contributed by atoms with Crippen LogP contribution in [-0.2, 0) is 13.0 Å². The van der Waals surface area contributed by atoms with E-state index in [2.05, 4.69) is 72.3 Å². The second-order valence-electron chi connectivity index (χ2n) is 6.86. The van der Waals surface area contributed by atoms with Crippen LogP contribution in [0.25, 0.3) is 4.96 Å². The zero-order valence-corrected chi connectivity index (χ0v) is 16.0. The number of hydrogen-bond donors (Lipinski definition) is 0. The van der Waals surface area contributed by atoms with Gasteiger partial charge in [0.05, 0.1) is 17.4 Å². The first-order valence-corrected chi connectivity index (χ1v) is 9.13. The number of aryl methyl sites for hydroxylation is 2. The van der Waals surface area contributed by atoms with Crippen molar-refractivity contribution in [2.75, 3.05) is 7.05 Å². The van der Waals surface area contributed by atoms with Gasteiger partial charge in [-0.1, -0.05) is 13.8 Å². The summed E-state index contributed by atoms with van der Waals surface area (Å²) in [7, 11) is 2.08. The number of thiazole rings is 1. The average molecular weight is 347 g/mol. The molecule has 0 saturated carbocycles. The molecular formula is C17H25N5OS. The molecule has 0 aromatic carbocycles. The van der Waals surface area contributed by atoms with Crippen molar-refractivity contribution in [3.8, 4) is 0 Å². The van der Waals surface area contributed by atoms with Gasteiger partial charge in [0.15, 0.2) is 4.96 Å². The lowest BCUT2D eigenvalue weighted by Gasteiger charge is -2.21. The van der Waals surface area contributed by atoms with Crippen LogP contribution in [0.3, 0.4) is 0 Å². The van der Waals surface area contributed by atoms with Crippen molar-refractivity contribution in [1.29, 1.82) is 0 Å². The lowest BCUT2D eigenvalue weighted by molar-refractivity contribution is 0.210. The van der Waals surface area contributed by atoms with E-state index in [0.29, 0.717) is 11.8 Å². The summed E-state index contributed by atoms with van der Waals surface area (Å²) in [4.78, 5) is 9.20. The maximum absolute atomic E-state index is 5.83. The van der Waals surface area contributed by atoms with Crippen LogP contribution in [0.2, 0.25) is 0 Å². The highest BCUT2D eigenvalue weighted by atomic mass is 32.1. The summed E-state index contributed by atoms with van der Waals surface area (Å²) >= 11 is 1.72. The maximum Gasteiger partial charge on any atom is 0.233 e. The van der Waals surface area contributed by atoms with Crippen LogP contribution in [0.4, 0.5) is 0 Å². The Hall–Kier alpha value is -1.73. The Bertz CT molecular complexity index is 831. The number of rotatable bonds is 6. The zero-order valence-electron chi connectivity index (χ0n) is 15.2. The van der Waals surface area contributed by atoms with Crippen LogP contribution in [0.15, 0.2) is 10.6 Å². The number of hydrogen-bond acceptors (Lipinski definition) is 6. The van der Waals surface area contributed by atoms with Crippen LogP contribution >= 0.6 is 11.3 Å². The molecule has 0 fully saturated rings. The minimum atomic E-state index is 0.0584. The van der Waals surface area contributed by atoms with Gasteiger partial charge in [-0.3, -0.25) is 9.30 Å². The monoisotopic (exact) mass is 347 g/mol. The van der Waals surface area contributed by atoms with Crippen LogP contribution in [0.5, 0.6) is 0 Å². The first-order chi connectivity index (χ1) is 11.3. The molecule has 0 amide bonds. The quantitative estimate of drug-likeness (QED) is 0.679. The van der Waals surface area contributed by atoms with Gasteiger partial charge in [0, 0.05) is 24.0 Å². The van der Waals surface area contributed by atoms with Crippen molar-refractivity contribution >= 4 is 16.3 Å². The highest BCUT2D eigenvalue weighted by Gasteiger charge is 2.21. The SMILES string of the molecule is Cc1cn2c(CN(C)[C@@H](C)c3nnc(CC(C)C)o3)c(C)nc2s1. The van der Waals surface area contributed by atoms with E-state index < -0.39 is 0 Å². The third-order valence-electron chi connectivity index (χ3n) is 4.22. The summed E-state index contributed by atoms with van der Waals surface area (Å²) in [5.41, 5.74) is 2.29. The average Bonchev–Trinajstić information content (AvgIpc) is 3.15. The second kappa shape index (κ2) is 6.64. The molecule has 3 rings (SSSR count). The summed E-state index contributed by atoms with van der Waals surface area (Å²) in [5, 5.41) is 8.40. The van der Waals surface area contributed by atoms with Gasteiger partial charge in [-0.05, 0) is 33.7 Å². The first kappa shape index (κ1) is 17.1. The van der Waals surface area contributed by atoms with Gasteiger partial charge in [-0.2, -0.15) is 0 Å². The molecule has 0 aliphatic heterocycles. The van der Waals surface area contributed by atoms with E-state index in [9.17, 15) is 0 Å². The lowest BCUT2D eigenvalue weighted by atomic mass is 10.1. The van der Waals surface area contributed by atoms with Gasteiger partial charge in [0.2, 0.25) is 11.8 Å². The Morgan fingerprint density at radius 2 is 2.00 bits per heavy atom. The molecule has 0 radical (unpaired) electrons. The number of fused-ring (bicyclic) bond motifs is 1. The van der Waals surface area contributed by atoms with E-state index in [0.717, 1.165) is 29.5 Å². The van der Waals surface area contributed by atoms with Crippen molar-refractivity contribution in [2.45, 2.75) is 53.6 Å². The van der Waals surface area contributed by atoms with Crippen LogP contribution in [0, 0.1) is 19.8 Å². The standard InChI is InChI=1S/C17H25N5OS/c1-10(2)7-15-19-20-16(23-15)13(5)21(6)9-14-12(4)18-17-22(14)8-11(3)24-17/h8,10,13H,7,9H2,1-6H3/t13-/m0/s1. The summed E-state index contributed by atoms with van der Waals surface area (Å²) in [6.45, 7) is 11.4. The Balaban J connectivity index is 1.76. The molecule has 0 saturated heterocycles. The second-order valence-corrected chi connectivity index (χ2v) is 8.07. The minimum Gasteiger partial charge on any atom is -0.424 e. The lowest BCUT2D eigenvalue weighted by Crippen LogP contribution is -2.23. The molecule has 24 heavy (non-hydrogen) atoms. The number of imidazole rings is 1. The van der Waals surface area contributed by atoms with Gasteiger partial charge < -0.3 is 4.42 Å². The van der Waals surface area contributed by atoms with Crippen molar-refractivity contribution < 1.29 is 4.42 Å². The van der Waals surface area contributed by atoms with Crippen molar-refractivity contribution in [1.82, 2.24) is 24.5 Å². The third-order valence-corrected chi connectivity index (χ3v) is 5.12. The predicted octanol–water partition coefficient (Wildman–Crippen LogP) is 3.79. The van der Waals surface area contributed by atoms with E-state index >= 15 is 0 Å². The number of nitrogens with zero attached hydrogens (tertiary/aromatic N) is 5. The zero-order chi connectivity index (χ0) is 17.4. The van der Waals surface area contributed by atoms with Crippen molar-refractivity contribution in [2.24, 2.45) is 5.92 Å². The molecule has 0 unspecified atom stereocenters. The number of aromatic nitrogens is 4. The summed E-state index contributed by atoms with van der Waals surface area (Å²) in [6.07, 6.45) is 2.97. The van der Waals surface area contributed by atoms with Gasteiger partial charge in [-0.15, -0.1) is 21.5 Å². The van der Waals surface area contributed by atoms with Crippen molar-refractivity contribution in [3.05, 3.63) is 34.2 Å². The van der Waals surface area contributed by atoms with Gasteiger partial charge in [-0.25, -0.2) is 4.98 Å². The van der Waals surface area contributed by atoms with E-state index in [4.69, 9.17) is 4.42 Å². The van der Waals surface area contributed by atoms with Gasteiger partial charge in [0.1, 0.15) is 0 Å². The highest BCUT2D eigenvalue weighted by molar-refractivity contribution is 7.17. The van der Waals surface area contributed by atoms with E-state index in [1.807, 2.05) is 0 Å². The summed E-state index contributed by atoms with van der Waals surface area (Å²) in [6, 6.07) is 0.0584. The smallest absolute Gasteiger partial charge is 0.233 e. The van der Waals surface area contributed by atoms with E-state index in [-0.39, 0.29) is 6.04 Å². The molecular weight excluding hydrogens is 322 g/mol. The molecule has 0 N–H and O–H groups in total. The van der Waals surface area contributed by atoms with Crippen LogP contribution < -0.4 is 0 Å². The Morgan fingerprint density at radius 1 is 1.25 bits per heavy atom. The Labute approximate surface area is 146 Å². The fourth-order valence-electron chi connectivity index (χ4n) is 2.73. The minimum absolute atomic E-state index is 0.0584. The van der Waals surface area contributed by atoms with Gasteiger partial charge >= 0.3 is 0 Å². The largest absolute Gasteiger partial charge is 0.424 e. The third kappa shape index (κ3) is 3.37. The summed E-state index contributed by atoms with van der Waals surface area (Å²) in [5.74, 6) is 1.90. The molecule has 0 spiro atoms. The molecule has 3 aromatic rings. The molecule has 3 heterocycles. The van der Waals surface area contributed by atoms with E-state index in [1.165, 1.54) is 10.6 Å². The van der Waals surface area contributed by atoms with Crippen LogP contribution in [-0.4, -0.2) is 31.5 Å². The molecule has 3 aromatic heterocycles. The first-order valence-electron chi connectivity index (χ1n) is 8.31. The fourth-order valence-corrected chi connectivity index (χ4v) is 3.62. The topological polar surface area (TPSA) is 59.5 Å².